The molecule has 0 saturated heterocycles. The van der Waals surface area contributed by atoms with Crippen molar-refractivity contribution < 1.29 is 14.0 Å². The Bertz CT molecular complexity index is 860. The molecule has 0 aliphatic carbocycles. The molecule has 6 nitrogen and oxygen atoms in total. The van der Waals surface area contributed by atoms with Crippen LogP contribution in [0.25, 0.3) is 10.6 Å². The number of carbonyl (C=O) groups excluding carboxylic acids is 2. The zero-order valence-electron chi connectivity index (χ0n) is 13.0. The highest BCUT2D eigenvalue weighted by Gasteiger charge is 2.12. The molecule has 0 saturated carbocycles. The Balaban J connectivity index is 1.49. The first-order valence-corrected chi connectivity index (χ1v) is 8.70. The number of nitrogens with zero attached hydrogens (tertiary/aromatic N) is 1. The quantitative estimate of drug-likeness (QED) is 0.648. The van der Waals surface area contributed by atoms with Gasteiger partial charge in [-0.2, -0.15) is 0 Å². The van der Waals surface area contributed by atoms with Gasteiger partial charge in [0.2, 0.25) is 0 Å². The van der Waals surface area contributed by atoms with Gasteiger partial charge in [-0.05, 0) is 24.3 Å². The third-order valence-electron chi connectivity index (χ3n) is 3.27. The molecule has 3 aromatic rings. The van der Waals surface area contributed by atoms with E-state index in [1.807, 2.05) is 12.1 Å². The maximum Gasteiger partial charge on any atom is 0.287 e. The van der Waals surface area contributed by atoms with Gasteiger partial charge in [0.25, 0.3) is 11.8 Å². The normalized spacial score (nSPS) is 10.4. The molecule has 0 spiro atoms. The van der Waals surface area contributed by atoms with E-state index in [1.54, 1.807) is 29.6 Å². The first kappa shape index (κ1) is 17.2. The van der Waals surface area contributed by atoms with Crippen molar-refractivity contribution in [1.29, 1.82) is 0 Å². The highest BCUT2D eigenvalue weighted by atomic mass is 35.5. The Kier molecular flexibility index (Phi) is 5.47. The molecule has 2 N–H and O–H groups in total. The number of halogens is 1. The largest absolute Gasteiger partial charge is 0.459 e. The maximum absolute atomic E-state index is 12.1. The molecule has 0 unspecified atom stereocenters. The maximum atomic E-state index is 12.1. The summed E-state index contributed by atoms with van der Waals surface area (Å²) in [5.41, 5.74) is 1.24. The summed E-state index contributed by atoms with van der Waals surface area (Å²) in [5, 5.41) is 8.45. The topological polar surface area (TPSA) is 84.2 Å². The molecule has 0 bridgehead atoms. The van der Waals surface area contributed by atoms with Crippen molar-refractivity contribution in [1.82, 2.24) is 15.6 Å². The molecule has 25 heavy (non-hydrogen) atoms. The van der Waals surface area contributed by atoms with Crippen LogP contribution in [0.15, 0.2) is 52.5 Å². The molecule has 3 rings (SSSR count). The van der Waals surface area contributed by atoms with Crippen LogP contribution in [0.4, 0.5) is 0 Å². The van der Waals surface area contributed by atoms with E-state index in [2.05, 4.69) is 15.6 Å². The number of amides is 2. The average molecular weight is 376 g/mol. The van der Waals surface area contributed by atoms with Crippen molar-refractivity contribution in [2.24, 2.45) is 0 Å². The summed E-state index contributed by atoms with van der Waals surface area (Å²) in [7, 11) is 0. The lowest BCUT2D eigenvalue weighted by atomic mass is 10.2. The van der Waals surface area contributed by atoms with Crippen molar-refractivity contribution in [2.45, 2.75) is 0 Å². The molecule has 0 aliphatic rings. The smallest absolute Gasteiger partial charge is 0.287 e. The predicted molar refractivity (Wildman–Crippen MR) is 95.9 cm³/mol. The number of carbonyl (C=O) groups is 2. The Morgan fingerprint density at radius 2 is 1.80 bits per heavy atom. The van der Waals surface area contributed by atoms with Gasteiger partial charge in [-0.1, -0.05) is 23.7 Å². The van der Waals surface area contributed by atoms with Crippen molar-refractivity contribution >= 4 is 34.8 Å². The van der Waals surface area contributed by atoms with E-state index < -0.39 is 0 Å². The summed E-state index contributed by atoms with van der Waals surface area (Å²) in [6, 6.07) is 10.5. The van der Waals surface area contributed by atoms with Gasteiger partial charge >= 0.3 is 0 Å². The number of furan rings is 1. The zero-order chi connectivity index (χ0) is 17.6. The van der Waals surface area contributed by atoms with Crippen LogP contribution in [0, 0.1) is 0 Å². The molecule has 128 valence electrons. The van der Waals surface area contributed by atoms with Crippen molar-refractivity contribution in [3.63, 3.8) is 0 Å². The second-order valence-electron chi connectivity index (χ2n) is 5.03. The van der Waals surface area contributed by atoms with Crippen LogP contribution in [0.3, 0.4) is 0 Å². The standard InChI is InChI=1S/C17H14ClN3O3S/c18-12-5-3-11(4-6-12)17-21-13(10-25-17)15(22)19-7-8-20-16(23)14-2-1-9-24-14/h1-6,9-10H,7-8H2,(H,19,22)(H,20,23). The number of thiazole rings is 1. The number of rotatable bonds is 6. The number of hydrogen-bond acceptors (Lipinski definition) is 5. The minimum atomic E-state index is -0.321. The molecule has 0 atom stereocenters. The van der Waals surface area contributed by atoms with Crippen LogP contribution >= 0.6 is 22.9 Å². The van der Waals surface area contributed by atoms with Gasteiger partial charge in [0.15, 0.2) is 5.76 Å². The summed E-state index contributed by atoms with van der Waals surface area (Å²) in [4.78, 5) is 28.1. The summed E-state index contributed by atoms with van der Waals surface area (Å²) < 4.78 is 4.98. The highest BCUT2D eigenvalue weighted by molar-refractivity contribution is 7.13. The lowest BCUT2D eigenvalue weighted by Gasteiger charge is -2.04. The van der Waals surface area contributed by atoms with Gasteiger partial charge in [-0.3, -0.25) is 9.59 Å². The third kappa shape index (κ3) is 4.46. The molecular formula is C17H14ClN3O3S. The molecule has 2 heterocycles. The Morgan fingerprint density at radius 3 is 2.48 bits per heavy atom. The van der Waals surface area contributed by atoms with E-state index in [9.17, 15) is 9.59 Å². The Morgan fingerprint density at radius 1 is 1.08 bits per heavy atom. The van der Waals surface area contributed by atoms with Crippen LogP contribution in [-0.4, -0.2) is 29.9 Å². The van der Waals surface area contributed by atoms with E-state index in [-0.39, 0.29) is 17.6 Å². The second kappa shape index (κ2) is 7.96. The van der Waals surface area contributed by atoms with Crippen LogP contribution < -0.4 is 10.6 Å². The van der Waals surface area contributed by atoms with Crippen molar-refractivity contribution in [2.75, 3.05) is 13.1 Å². The zero-order valence-corrected chi connectivity index (χ0v) is 14.6. The fraction of sp³-hybridized carbons (Fsp3) is 0.118. The van der Waals surface area contributed by atoms with Gasteiger partial charge in [-0.15, -0.1) is 11.3 Å². The Hall–Kier alpha value is -2.64. The van der Waals surface area contributed by atoms with Gasteiger partial charge in [-0.25, -0.2) is 4.98 Å². The molecule has 2 amide bonds. The molecule has 1 aromatic carbocycles. The predicted octanol–water partition coefficient (Wildman–Crippen LogP) is 3.22. The van der Waals surface area contributed by atoms with E-state index in [0.29, 0.717) is 23.8 Å². The lowest BCUT2D eigenvalue weighted by molar-refractivity contribution is 0.0909. The number of nitrogens with one attached hydrogen (secondary N) is 2. The highest BCUT2D eigenvalue weighted by Crippen LogP contribution is 2.25. The summed E-state index contributed by atoms with van der Waals surface area (Å²) in [5.74, 6) is -0.375. The monoisotopic (exact) mass is 375 g/mol. The van der Waals surface area contributed by atoms with E-state index in [1.165, 1.54) is 17.6 Å². The van der Waals surface area contributed by atoms with Crippen LogP contribution in [0.1, 0.15) is 21.0 Å². The van der Waals surface area contributed by atoms with Gasteiger partial charge in [0.05, 0.1) is 6.26 Å². The lowest BCUT2D eigenvalue weighted by Crippen LogP contribution is -2.34. The molecular weight excluding hydrogens is 362 g/mol. The molecule has 0 aliphatic heterocycles. The van der Waals surface area contributed by atoms with E-state index in [0.717, 1.165) is 10.6 Å². The van der Waals surface area contributed by atoms with Crippen molar-refractivity contribution in [3.05, 3.63) is 64.5 Å². The van der Waals surface area contributed by atoms with E-state index in [4.69, 9.17) is 16.0 Å². The fourth-order valence-corrected chi connectivity index (χ4v) is 2.97. The van der Waals surface area contributed by atoms with Crippen molar-refractivity contribution in [3.8, 4) is 10.6 Å². The summed E-state index contributed by atoms with van der Waals surface area (Å²) in [6.45, 7) is 0.582. The summed E-state index contributed by atoms with van der Waals surface area (Å²) >= 11 is 7.25. The average Bonchev–Trinajstić information content (AvgIpc) is 3.30. The fourth-order valence-electron chi connectivity index (χ4n) is 2.04. The molecule has 0 radical (unpaired) electrons. The number of hydrogen-bond donors (Lipinski definition) is 2. The third-order valence-corrected chi connectivity index (χ3v) is 4.41. The van der Waals surface area contributed by atoms with Crippen LogP contribution in [0.5, 0.6) is 0 Å². The molecule has 8 heteroatoms. The number of benzene rings is 1. The van der Waals surface area contributed by atoms with Crippen LogP contribution in [0.2, 0.25) is 5.02 Å². The SMILES string of the molecule is O=C(NCCNC(=O)c1ccco1)c1csc(-c2ccc(Cl)cc2)n1. The van der Waals surface area contributed by atoms with Gasteiger partial charge < -0.3 is 15.1 Å². The van der Waals surface area contributed by atoms with Gasteiger partial charge in [0, 0.05) is 29.1 Å². The first-order chi connectivity index (χ1) is 12.1. The number of aromatic nitrogens is 1. The first-order valence-electron chi connectivity index (χ1n) is 7.45. The minimum absolute atomic E-state index is 0.235. The van der Waals surface area contributed by atoms with Gasteiger partial charge in [0.1, 0.15) is 10.7 Å². The Labute approximate surface area is 152 Å². The summed E-state index contributed by atoms with van der Waals surface area (Å²) in [6.07, 6.45) is 1.43. The molecule has 2 aromatic heterocycles. The minimum Gasteiger partial charge on any atom is -0.459 e. The van der Waals surface area contributed by atoms with E-state index >= 15 is 0 Å². The second-order valence-corrected chi connectivity index (χ2v) is 6.33. The molecule has 0 fully saturated rings. The van der Waals surface area contributed by atoms with Crippen LogP contribution in [-0.2, 0) is 0 Å².